The number of benzene rings is 2. The van der Waals surface area contributed by atoms with Gasteiger partial charge in [-0.15, -0.1) is 0 Å². The van der Waals surface area contributed by atoms with E-state index < -0.39 is 17.9 Å². The molecule has 7 heteroatoms. The summed E-state index contributed by atoms with van der Waals surface area (Å²) in [6.45, 7) is 5.54. The third kappa shape index (κ3) is 5.93. The predicted molar refractivity (Wildman–Crippen MR) is 102 cm³/mol. The zero-order chi connectivity index (χ0) is 18.9. The fourth-order valence-corrected chi connectivity index (χ4v) is 2.33. The van der Waals surface area contributed by atoms with Crippen molar-refractivity contribution in [2.75, 3.05) is 6.61 Å². The van der Waals surface area contributed by atoms with Crippen molar-refractivity contribution in [1.82, 2.24) is 10.9 Å². The maximum atomic E-state index is 12.1. The highest BCUT2D eigenvalue weighted by molar-refractivity contribution is 9.10. The summed E-state index contributed by atoms with van der Waals surface area (Å²) in [6.07, 6.45) is 0.854. The van der Waals surface area contributed by atoms with Gasteiger partial charge in [-0.25, -0.2) is 0 Å². The summed E-state index contributed by atoms with van der Waals surface area (Å²) < 4.78 is 11.7. The number of hydrogen-bond acceptors (Lipinski definition) is 4. The molecule has 2 rings (SSSR count). The Balaban J connectivity index is 1.83. The second-order valence-corrected chi connectivity index (χ2v) is 6.20. The van der Waals surface area contributed by atoms with E-state index >= 15 is 0 Å². The van der Waals surface area contributed by atoms with Crippen molar-refractivity contribution >= 4 is 27.7 Å². The molecular weight excluding hydrogens is 400 g/mol. The normalized spacial score (nSPS) is 11.2. The monoisotopic (exact) mass is 418 g/mol. The average molecular weight is 419 g/mol. The minimum absolute atomic E-state index is 0.386. The SMILES string of the molecule is C=CCOc1ccc(C(=O)NNC(=O)C(C)Oc2cccc(Br)c2)cc1. The Kier molecular flexibility index (Phi) is 7.23. The fourth-order valence-electron chi connectivity index (χ4n) is 1.95. The quantitative estimate of drug-likeness (QED) is 0.534. The van der Waals surface area contributed by atoms with Gasteiger partial charge in [0.05, 0.1) is 0 Å². The third-order valence-electron chi connectivity index (χ3n) is 3.26. The summed E-state index contributed by atoms with van der Waals surface area (Å²) >= 11 is 3.33. The van der Waals surface area contributed by atoms with E-state index in [-0.39, 0.29) is 0 Å². The molecule has 6 nitrogen and oxygen atoms in total. The van der Waals surface area contributed by atoms with E-state index in [1.807, 2.05) is 6.07 Å². The number of hydrogen-bond donors (Lipinski definition) is 2. The number of hydrazine groups is 1. The molecule has 2 aromatic carbocycles. The van der Waals surface area contributed by atoms with Gasteiger partial charge in [0.1, 0.15) is 18.1 Å². The standard InChI is InChI=1S/C19H19BrN2O4/c1-3-11-25-16-9-7-14(8-10-16)19(24)22-21-18(23)13(2)26-17-6-4-5-15(20)12-17/h3-10,12-13H,1,11H2,2H3,(H,21,23)(H,22,24). The van der Waals surface area contributed by atoms with E-state index in [0.717, 1.165) is 4.47 Å². The first-order chi connectivity index (χ1) is 12.5. The molecule has 0 fully saturated rings. The van der Waals surface area contributed by atoms with Crippen molar-refractivity contribution in [1.29, 1.82) is 0 Å². The van der Waals surface area contributed by atoms with Gasteiger partial charge in [0.2, 0.25) is 0 Å². The number of rotatable bonds is 7. The zero-order valence-corrected chi connectivity index (χ0v) is 15.8. The Bertz CT molecular complexity index is 777. The third-order valence-corrected chi connectivity index (χ3v) is 3.76. The summed E-state index contributed by atoms with van der Waals surface area (Å²) in [5, 5.41) is 0. The van der Waals surface area contributed by atoms with Crippen molar-refractivity contribution in [3.05, 3.63) is 71.2 Å². The number of nitrogens with one attached hydrogen (secondary N) is 2. The molecule has 0 aliphatic carbocycles. The molecule has 2 N–H and O–H groups in total. The molecule has 136 valence electrons. The van der Waals surface area contributed by atoms with Crippen molar-refractivity contribution in [3.63, 3.8) is 0 Å². The lowest BCUT2D eigenvalue weighted by Gasteiger charge is -2.15. The van der Waals surface area contributed by atoms with Gasteiger partial charge < -0.3 is 9.47 Å². The molecule has 2 aromatic rings. The Morgan fingerprint density at radius 2 is 1.88 bits per heavy atom. The Morgan fingerprint density at radius 3 is 2.54 bits per heavy atom. The summed E-state index contributed by atoms with van der Waals surface area (Å²) in [5.41, 5.74) is 5.09. The number of ether oxygens (including phenoxy) is 2. The lowest BCUT2D eigenvalue weighted by Crippen LogP contribution is -2.47. The largest absolute Gasteiger partial charge is 0.490 e. The van der Waals surface area contributed by atoms with E-state index in [2.05, 4.69) is 33.4 Å². The highest BCUT2D eigenvalue weighted by Gasteiger charge is 2.16. The Hall–Kier alpha value is -2.80. The van der Waals surface area contributed by atoms with Crippen LogP contribution in [0.5, 0.6) is 11.5 Å². The van der Waals surface area contributed by atoms with E-state index in [1.165, 1.54) is 0 Å². The van der Waals surface area contributed by atoms with E-state index in [0.29, 0.717) is 23.7 Å². The molecule has 0 saturated carbocycles. The van der Waals surface area contributed by atoms with Gasteiger partial charge in [-0.2, -0.15) is 0 Å². The number of halogens is 1. The fraction of sp³-hybridized carbons (Fsp3) is 0.158. The molecule has 1 atom stereocenters. The van der Waals surface area contributed by atoms with Gasteiger partial charge in [0, 0.05) is 10.0 Å². The van der Waals surface area contributed by atoms with Crippen LogP contribution in [-0.4, -0.2) is 24.5 Å². The maximum absolute atomic E-state index is 12.1. The molecule has 26 heavy (non-hydrogen) atoms. The molecule has 0 radical (unpaired) electrons. The first kappa shape index (κ1) is 19.5. The minimum Gasteiger partial charge on any atom is -0.490 e. The summed E-state index contributed by atoms with van der Waals surface area (Å²) in [6, 6.07) is 13.7. The second-order valence-electron chi connectivity index (χ2n) is 5.28. The van der Waals surface area contributed by atoms with Gasteiger partial charge in [0.25, 0.3) is 11.8 Å². The van der Waals surface area contributed by atoms with Crippen molar-refractivity contribution in [3.8, 4) is 11.5 Å². The molecule has 0 aromatic heterocycles. The molecule has 0 spiro atoms. The first-order valence-electron chi connectivity index (χ1n) is 7.86. The highest BCUT2D eigenvalue weighted by Crippen LogP contribution is 2.18. The van der Waals surface area contributed by atoms with Crippen LogP contribution in [0.4, 0.5) is 0 Å². The number of carbonyl (C=O) groups excluding carboxylic acids is 2. The van der Waals surface area contributed by atoms with Crippen LogP contribution < -0.4 is 20.3 Å². The predicted octanol–water partition coefficient (Wildman–Crippen LogP) is 3.24. The van der Waals surface area contributed by atoms with Gasteiger partial charge in [-0.3, -0.25) is 20.4 Å². The smallest absolute Gasteiger partial charge is 0.279 e. The van der Waals surface area contributed by atoms with Gasteiger partial charge in [0.15, 0.2) is 6.10 Å². The summed E-state index contributed by atoms with van der Waals surface area (Å²) in [4.78, 5) is 24.1. The van der Waals surface area contributed by atoms with Crippen molar-refractivity contribution in [2.45, 2.75) is 13.0 Å². The second kappa shape index (κ2) is 9.62. The van der Waals surface area contributed by atoms with Gasteiger partial charge in [-0.05, 0) is 49.4 Å². The molecule has 2 amide bonds. The number of amides is 2. The van der Waals surface area contributed by atoms with E-state index in [4.69, 9.17) is 9.47 Å². The van der Waals surface area contributed by atoms with Crippen LogP contribution in [0, 0.1) is 0 Å². The first-order valence-corrected chi connectivity index (χ1v) is 8.65. The zero-order valence-electron chi connectivity index (χ0n) is 14.2. The topological polar surface area (TPSA) is 76.7 Å². The molecule has 0 heterocycles. The van der Waals surface area contributed by atoms with Crippen LogP contribution in [0.3, 0.4) is 0 Å². The van der Waals surface area contributed by atoms with Gasteiger partial charge in [-0.1, -0.05) is 34.7 Å². The van der Waals surface area contributed by atoms with Crippen LogP contribution in [-0.2, 0) is 4.79 Å². The Morgan fingerprint density at radius 1 is 1.15 bits per heavy atom. The van der Waals surface area contributed by atoms with Crippen LogP contribution in [0.15, 0.2) is 65.7 Å². The molecule has 0 aliphatic heterocycles. The van der Waals surface area contributed by atoms with Crippen LogP contribution in [0.1, 0.15) is 17.3 Å². The molecule has 0 bridgehead atoms. The van der Waals surface area contributed by atoms with Crippen molar-refractivity contribution < 1.29 is 19.1 Å². The lowest BCUT2D eigenvalue weighted by molar-refractivity contribution is -0.128. The van der Waals surface area contributed by atoms with Crippen LogP contribution in [0.2, 0.25) is 0 Å². The summed E-state index contributed by atoms with van der Waals surface area (Å²) in [5.74, 6) is 0.262. The molecule has 1 unspecified atom stereocenters. The average Bonchev–Trinajstić information content (AvgIpc) is 2.64. The maximum Gasteiger partial charge on any atom is 0.279 e. The highest BCUT2D eigenvalue weighted by atomic mass is 79.9. The lowest BCUT2D eigenvalue weighted by atomic mass is 10.2. The van der Waals surface area contributed by atoms with Crippen LogP contribution in [0.25, 0.3) is 0 Å². The van der Waals surface area contributed by atoms with E-state index in [1.54, 1.807) is 55.5 Å². The van der Waals surface area contributed by atoms with Crippen LogP contribution >= 0.6 is 15.9 Å². The minimum atomic E-state index is -0.778. The number of carbonyl (C=O) groups is 2. The van der Waals surface area contributed by atoms with E-state index in [9.17, 15) is 9.59 Å². The summed E-state index contributed by atoms with van der Waals surface area (Å²) in [7, 11) is 0. The van der Waals surface area contributed by atoms with Gasteiger partial charge >= 0.3 is 0 Å². The molecule has 0 aliphatic rings. The van der Waals surface area contributed by atoms with Crippen molar-refractivity contribution in [2.24, 2.45) is 0 Å². The molecular formula is C19H19BrN2O4. The molecule has 0 saturated heterocycles. The Labute approximate surface area is 160 Å².